The summed E-state index contributed by atoms with van der Waals surface area (Å²) in [5.74, 6) is -0.143. The van der Waals surface area contributed by atoms with Crippen LogP contribution in [0.5, 0.6) is 0 Å². The second-order valence-electron chi connectivity index (χ2n) is 11.9. The molecule has 0 aliphatic rings. The zero-order chi connectivity index (χ0) is 32.1. The molecule has 240 valence electrons. The predicted molar refractivity (Wildman–Crippen MR) is 162 cm³/mol. The smallest absolute Gasteiger partial charge is 0.396 e. The molecular formula is C29H43FN3O9P. The average Bonchev–Trinajstić information content (AvgIpc) is 3.34. The summed E-state index contributed by atoms with van der Waals surface area (Å²) >= 11 is 0. The van der Waals surface area contributed by atoms with Gasteiger partial charge in [-0.25, -0.2) is 9.13 Å². The Bertz CT molecular complexity index is 1580. The van der Waals surface area contributed by atoms with Crippen molar-refractivity contribution in [2.45, 2.75) is 104 Å². The number of phosphoric ester groups is 1. The van der Waals surface area contributed by atoms with Crippen molar-refractivity contribution in [3.63, 3.8) is 0 Å². The van der Waals surface area contributed by atoms with E-state index in [0.717, 1.165) is 17.4 Å². The minimum Gasteiger partial charge on any atom is -0.396 e. The number of aliphatic hydroxyl groups excluding tert-OH is 1. The molecule has 0 aliphatic carbocycles. The number of nitrogens with one attached hydrogen (secondary N) is 1. The van der Waals surface area contributed by atoms with Gasteiger partial charge in [-0.2, -0.15) is 5.54 Å². The van der Waals surface area contributed by atoms with Crippen molar-refractivity contribution >= 4 is 29.4 Å². The Morgan fingerprint density at radius 2 is 1.53 bits per heavy atom. The summed E-state index contributed by atoms with van der Waals surface area (Å²) in [4.78, 5) is 62.8. The summed E-state index contributed by atoms with van der Waals surface area (Å²) in [6, 6.07) is 1.87. The molecule has 1 aromatic carbocycles. The first-order valence-corrected chi connectivity index (χ1v) is 16.3. The lowest BCUT2D eigenvalue weighted by molar-refractivity contribution is -0.00759. The molecule has 2 aromatic heterocycles. The third-order valence-corrected chi connectivity index (χ3v) is 9.31. The average molecular weight is 628 g/mol. The highest BCUT2D eigenvalue weighted by Crippen LogP contribution is 2.50. The molecule has 0 amide bonds. The van der Waals surface area contributed by atoms with Gasteiger partial charge in [-0.3, -0.25) is 32.8 Å². The molecule has 5 unspecified atom stereocenters. The largest absolute Gasteiger partial charge is 0.474 e. The fourth-order valence-electron chi connectivity index (χ4n) is 5.50. The molecule has 0 fully saturated rings. The van der Waals surface area contributed by atoms with Crippen LogP contribution in [0.3, 0.4) is 0 Å². The number of aromatic nitrogens is 2. The number of halogens is 1. The van der Waals surface area contributed by atoms with E-state index in [4.69, 9.17) is 9.05 Å². The maximum Gasteiger partial charge on any atom is 0.474 e. The van der Waals surface area contributed by atoms with Crippen molar-refractivity contribution in [2.75, 3.05) is 6.61 Å². The monoisotopic (exact) mass is 627 g/mol. The lowest BCUT2D eigenvalue weighted by atomic mass is 9.85. The molecule has 5 atom stereocenters. The molecule has 0 bridgehead atoms. The van der Waals surface area contributed by atoms with Crippen LogP contribution >= 0.6 is 7.82 Å². The number of aliphatic hydroxyl groups is 1. The molecule has 3 N–H and O–H groups in total. The van der Waals surface area contributed by atoms with Gasteiger partial charge in [-0.15, -0.1) is 4.48 Å². The first-order valence-electron chi connectivity index (χ1n) is 14.8. The van der Waals surface area contributed by atoms with E-state index in [2.05, 4.69) is 0 Å². The van der Waals surface area contributed by atoms with Crippen LogP contribution in [0.15, 0.2) is 31.3 Å². The first kappa shape index (κ1) is 34.9. The van der Waals surface area contributed by atoms with Crippen molar-refractivity contribution < 1.29 is 28.1 Å². The van der Waals surface area contributed by atoms with E-state index in [1.807, 2.05) is 20.8 Å². The second-order valence-corrected chi connectivity index (χ2v) is 13.3. The van der Waals surface area contributed by atoms with Gasteiger partial charge >= 0.3 is 7.82 Å². The Morgan fingerprint density at radius 3 is 2.00 bits per heavy atom. The van der Waals surface area contributed by atoms with Crippen molar-refractivity contribution in [3.8, 4) is 0 Å². The molecule has 12 nitrogen and oxygen atoms in total. The fourth-order valence-corrected chi connectivity index (χ4v) is 6.53. The van der Waals surface area contributed by atoms with Crippen LogP contribution in [0.1, 0.15) is 79.6 Å². The van der Waals surface area contributed by atoms with Gasteiger partial charge < -0.3 is 10.00 Å². The summed E-state index contributed by atoms with van der Waals surface area (Å²) in [5, 5.41) is 9.65. The van der Waals surface area contributed by atoms with Crippen LogP contribution in [-0.4, -0.2) is 37.4 Å². The Balaban J connectivity index is 1.87. The highest BCUT2D eigenvalue weighted by Gasteiger charge is 2.38. The van der Waals surface area contributed by atoms with Gasteiger partial charge in [0, 0.05) is 19.2 Å². The second kappa shape index (κ2) is 14.5. The van der Waals surface area contributed by atoms with Gasteiger partial charge in [0.05, 0.1) is 27.1 Å². The van der Waals surface area contributed by atoms with Crippen LogP contribution < -0.4 is 27.8 Å². The van der Waals surface area contributed by atoms with E-state index in [0.29, 0.717) is 29.7 Å². The Kier molecular flexibility index (Phi) is 11.8. The van der Waals surface area contributed by atoms with E-state index in [1.54, 1.807) is 19.4 Å². The molecule has 0 saturated carbocycles. The molecule has 0 spiro atoms. The fraction of sp³-hybridized carbons (Fsp3) is 0.655. The topological polar surface area (TPSA) is 166 Å². The summed E-state index contributed by atoms with van der Waals surface area (Å²) in [5.41, 5.74) is -2.40. The van der Waals surface area contributed by atoms with E-state index >= 15 is 0 Å². The molecule has 3 rings (SSSR count). The lowest BCUT2D eigenvalue weighted by Crippen LogP contribution is -2.34. The molecule has 0 radical (unpaired) electrons. The summed E-state index contributed by atoms with van der Waals surface area (Å²) in [6.45, 7) is 8.16. The van der Waals surface area contributed by atoms with E-state index in [-0.39, 0.29) is 47.5 Å². The third kappa shape index (κ3) is 8.14. The summed E-state index contributed by atoms with van der Waals surface area (Å²) in [6.07, 6.45) is 3.60. The van der Waals surface area contributed by atoms with E-state index in [1.165, 1.54) is 12.1 Å². The summed E-state index contributed by atoms with van der Waals surface area (Å²) < 4.78 is 38.2. The molecule has 14 heteroatoms. The SMILES string of the molecule is CCCCC(C)(CC(CO)CC(C)NF)OP(=O)(O)OCn1c(=O)c2cc3c(=O)n(CCC(C)CC)c(=O)c3cc2c1=O. The number of hydrogen-bond acceptors (Lipinski definition) is 9. The van der Waals surface area contributed by atoms with Gasteiger partial charge in [0.25, 0.3) is 22.2 Å². The van der Waals surface area contributed by atoms with Crippen LogP contribution in [0, 0.1) is 11.8 Å². The highest BCUT2D eigenvalue weighted by atomic mass is 31.2. The van der Waals surface area contributed by atoms with Crippen molar-refractivity contribution in [2.24, 2.45) is 11.8 Å². The maximum absolute atomic E-state index is 13.1. The van der Waals surface area contributed by atoms with Crippen LogP contribution in [0.25, 0.3) is 21.5 Å². The Morgan fingerprint density at radius 1 is 1.00 bits per heavy atom. The minimum atomic E-state index is -4.86. The number of rotatable bonds is 18. The molecule has 2 heterocycles. The van der Waals surface area contributed by atoms with Crippen LogP contribution in [0.2, 0.25) is 0 Å². The van der Waals surface area contributed by atoms with Crippen molar-refractivity contribution in [3.05, 3.63) is 53.5 Å². The quantitative estimate of drug-likeness (QED) is 0.140. The van der Waals surface area contributed by atoms with Gasteiger partial charge in [0.1, 0.15) is 6.73 Å². The number of phosphoric acid groups is 1. The zero-order valence-electron chi connectivity index (χ0n) is 25.4. The minimum absolute atomic E-state index is 0.0235. The van der Waals surface area contributed by atoms with Gasteiger partial charge in [0.15, 0.2) is 0 Å². The van der Waals surface area contributed by atoms with Crippen LogP contribution in [-0.2, 0) is 26.9 Å². The molecule has 0 saturated heterocycles. The third-order valence-electron chi connectivity index (χ3n) is 8.20. The molecular weight excluding hydrogens is 584 g/mol. The molecule has 43 heavy (non-hydrogen) atoms. The lowest BCUT2D eigenvalue weighted by Gasteiger charge is -2.34. The number of fused-ring (bicyclic) bond motifs is 2. The number of hydrogen-bond donors (Lipinski definition) is 3. The van der Waals surface area contributed by atoms with Crippen LogP contribution in [0.4, 0.5) is 4.48 Å². The first-order chi connectivity index (χ1) is 20.2. The Labute approximate surface area is 248 Å². The highest BCUT2D eigenvalue weighted by molar-refractivity contribution is 7.47. The van der Waals surface area contributed by atoms with E-state index in [9.17, 15) is 38.2 Å². The molecule has 3 aromatic rings. The predicted octanol–water partition coefficient (Wildman–Crippen LogP) is 3.64. The Hall–Kier alpha value is -2.54. The van der Waals surface area contributed by atoms with E-state index < -0.39 is 54.4 Å². The zero-order valence-corrected chi connectivity index (χ0v) is 26.3. The maximum atomic E-state index is 13.1. The van der Waals surface area contributed by atoms with Gasteiger partial charge in [-0.05, 0) is 63.5 Å². The van der Waals surface area contributed by atoms with Gasteiger partial charge in [0.2, 0.25) is 0 Å². The van der Waals surface area contributed by atoms with Crippen molar-refractivity contribution in [1.29, 1.82) is 0 Å². The summed E-state index contributed by atoms with van der Waals surface area (Å²) in [7, 11) is -4.86. The standard InChI is InChI=1S/C29H43FN3O9P/c1-6-8-10-29(5,15-20(16-34)12-19(4)31-30)42-43(39,40)41-17-33-27(37)23-13-21-22(14-24(23)28(33)38)26(36)32(25(21)35)11-9-18(3)7-2/h13-14,18-20,31,34H,6-12,15-17H2,1-5H3,(H,39,40). The number of unbranched alkanes of at least 4 members (excludes halogenated alkanes) is 1. The van der Waals surface area contributed by atoms with Gasteiger partial charge in [-0.1, -0.05) is 40.0 Å². The molecule has 0 aliphatic heterocycles. The normalized spacial score (nSPS) is 17.2. The number of nitrogens with zero attached hydrogens (tertiary/aromatic N) is 2. The number of benzene rings is 1. The van der Waals surface area contributed by atoms with Crippen molar-refractivity contribution in [1.82, 2.24) is 14.7 Å².